The number of carbonyl (C=O) groups excluding carboxylic acids is 1. The van der Waals surface area contributed by atoms with Crippen molar-refractivity contribution in [1.82, 2.24) is 0 Å². The quantitative estimate of drug-likeness (QED) is 0.769. The van der Waals surface area contributed by atoms with Crippen molar-refractivity contribution in [2.24, 2.45) is 11.8 Å². The van der Waals surface area contributed by atoms with Gasteiger partial charge in [-0.1, -0.05) is 6.92 Å². The molecule has 1 fully saturated rings. The molecule has 0 radical (unpaired) electrons. The Bertz CT molecular complexity index is 463. The van der Waals surface area contributed by atoms with E-state index in [1.165, 1.54) is 12.8 Å². The molecule has 0 amide bonds. The number of benzene rings is 1. The molecule has 18 heavy (non-hydrogen) atoms. The maximum Gasteiger partial charge on any atom is 0.166 e. The molecule has 0 spiro atoms. The molecule has 0 saturated heterocycles. The standard InChI is InChI=1S/C15H18O3/c1-10(11-3-4-11)15(16)12-5-6-13-14(9-12)18-8-2-7-17-13/h5-6,9-11H,2-4,7-8H2,1H3. The molecule has 3 rings (SSSR count). The van der Waals surface area contributed by atoms with Gasteiger partial charge in [-0.15, -0.1) is 0 Å². The minimum Gasteiger partial charge on any atom is -0.490 e. The lowest BCUT2D eigenvalue weighted by Crippen LogP contribution is -2.13. The number of Topliss-reactive ketones (excluding diaryl/α,β-unsaturated/α-hetero) is 1. The molecule has 96 valence electrons. The van der Waals surface area contributed by atoms with Gasteiger partial charge in [0.25, 0.3) is 0 Å². The summed E-state index contributed by atoms with van der Waals surface area (Å²) in [4.78, 5) is 12.3. The van der Waals surface area contributed by atoms with Crippen molar-refractivity contribution < 1.29 is 14.3 Å². The number of hydrogen-bond acceptors (Lipinski definition) is 3. The van der Waals surface area contributed by atoms with Gasteiger partial charge in [-0.2, -0.15) is 0 Å². The minimum atomic E-state index is 0.134. The van der Waals surface area contributed by atoms with E-state index in [1.54, 1.807) is 0 Å². The topological polar surface area (TPSA) is 35.5 Å². The van der Waals surface area contributed by atoms with E-state index in [-0.39, 0.29) is 11.7 Å². The van der Waals surface area contributed by atoms with E-state index in [0.29, 0.717) is 24.9 Å². The average molecular weight is 246 g/mol. The summed E-state index contributed by atoms with van der Waals surface area (Å²) in [5, 5.41) is 0. The van der Waals surface area contributed by atoms with Crippen LogP contribution in [0.25, 0.3) is 0 Å². The second kappa shape index (κ2) is 4.63. The molecule has 0 bridgehead atoms. The molecular weight excluding hydrogens is 228 g/mol. The van der Waals surface area contributed by atoms with Crippen LogP contribution >= 0.6 is 0 Å². The van der Waals surface area contributed by atoms with E-state index < -0.39 is 0 Å². The van der Waals surface area contributed by atoms with Crippen molar-refractivity contribution in [3.8, 4) is 11.5 Å². The van der Waals surface area contributed by atoms with Gasteiger partial charge < -0.3 is 9.47 Å². The molecule has 1 aromatic rings. The molecule has 2 aliphatic rings. The van der Waals surface area contributed by atoms with Crippen LogP contribution in [0.2, 0.25) is 0 Å². The van der Waals surface area contributed by atoms with Crippen molar-refractivity contribution in [2.75, 3.05) is 13.2 Å². The van der Waals surface area contributed by atoms with Gasteiger partial charge in [-0.3, -0.25) is 4.79 Å². The predicted molar refractivity (Wildman–Crippen MR) is 68.3 cm³/mol. The Morgan fingerprint density at radius 3 is 2.67 bits per heavy atom. The van der Waals surface area contributed by atoms with Crippen LogP contribution in [0.1, 0.15) is 36.5 Å². The van der Waals surface area contributed by atoms with Crippen LogP contribution in [-0.2, 0) is 0 Å². The molecule has 3 nitrogen and oxygen atoms in total. The van der Waals surface area contributed by atoms with Crippen molar-refractivity contribution >= 4 is 5.78 Å². The molecule has 1 heterocycles. The first-order chi connectivity index (χ1) is 8.75. The largest absolute Gasteiger partial charge is 0.490 e. The van der Waals surface area contributed by atoms with Gasteiger partial charge in [0.1, 0.15) is 0 Å². The van der Waals surface area contributed by atoms with Gasteiger partial charge in [0, 0.05) is 17.9 Å². The lowest BCUT2D eigenvalue weighted by atomic mass is 9.95. The monoisotopic (exact) mass is 246 g/mol. The summed E-state index contributed by atoms with van der Waals surface area (Å²) in [6.45, 7) is 3.37. The summed E-state index contributed by atoms with van der Waals surface area (Å²) >= 11 is 0. The summed E-state index contributed by atoms with van der Waals surface area (Å²) in [5.41, 5.74) is 0.749. The number of ketones is 1. The Morgan fingerprint density at radius 2 is 1.94 bits per heavy atom. The fourth-order valence-corrected chi connectivity index (χ4v) is 2.39. The highest BCUT2D eigenvalue weighted by molar-refractivity contribution is 5.98. The molecule has 0 aromatic heterocycles. The number of hydrogen-bond donors (Lipinski definition) is 0. The molecule has 1 unspecified atom stereocenters. The molecule has 1 atom stereocenters. The van der Waals surface area contributed by atoms with Crippen LogP contribution in [0.3, 0.4) is 0 Å². The van der Waals surface area contributed by atoms with E-state index in [9.17, 15) is 4.79 Å². The first kappa shape index (κ1) is 11.6. The third-order valence-electron chi connectivity index (χ3n) is 3.77. The molecule has 1 aromatic carbocycles. The molecule has 1 saturated carbocycles. The third kappa shape index (κ3) is 2.22. The maximum atomic E-state index is 12.3. The van der Waals surface area contributed by atoms with Gasteiger partial charge in [0.15, 0.2) is 17.3 Å². The smallest absolute Gasteiger partial charge is 0.166 e. The van der Waals surface area contributed by atoms with Gasteiger partial charge in [-0.25, -0.2) is 0 Å². The number of carbonyl (C=O) groups is 1. The van der Waals surface area contributed by atoms with Gasteiger partial charge in [0.2, 0.25) is 0 Å². The number of ether oxygens (including phenoxy) is 2. The van der Waals surface area contributed by atoms with E-state index in [4.69, 9.17) is 9.47 Å². The van der Waals surface area contributed by atoms with Crippen molar-refractivity contribution in [2.45, 2.75) is 26.2 Å². The second-order valence-electron chi connectivity index (χ2n) is 5.20. The zero-order chi connectivity index (χ0) is 12.5. The second-order valence-corrected chi connectivity index (χ2v) is 5.20. The Morgan fingerprint density at radius 1 is 1.22 bits per heavy atom. The Balaban J connectivity index is 1.84. The lowest BCUT2D eigenvalue weighted by molar-refractivity contribution is 0.0916. The van der Waals surface area contributed by atoms with Gasteiger partial charge >= 0.3 is 0 Å². The average Bonchev–Trinajstić information content (AvgIpc) is 3.22. The Kier molecular flexibility index (Phi) is 2.98. The van der Waals surface area contributed by atoms with E-state index in [0.717, 1.165) is 17.7 Å². The lowest BCUT2D eigenvalue weighted by Gasteiger charge is -2.12. The summed E-state index contributed by atoms with van der Waals surface area (Å²) in [5.74, 6) is 2.42. The van der Waals surface area contributed by atoms with Crippen LogP contribution in [0.15, 0.2) is 18.2 Å². The molecule has 1 aliphatic carbocycles. The normalized spacial score (nSPS) is 20.1. The van der Waals surface area contributed by atoms with Crippen LogP contribution < -0.4 is 9.47 Å². The number of fused-ring (bicyclic) bond motifs is 1. The highest BCUT2D eigenvalue weighted by Crippen LogP contribution is 2.39. The zero-order valence-corrected chi connectivity index (χ0v) is 10.6. The molecule has 3 heteroatoms. The van der Waals surface area contributed by atoms with Crippen LogP contribution in [-0.4, -0.2) is 19.0 Å². The Hall–Kier alpha value is -1.51. The summed E-state index contributed by atoms with van der Waals surface area (Å²) in [6, 6.07) is 5.55. The third-order valence-corrected chi connectivity index (χ3v) is 3.77. The fourth-order valence-electron chi connectivity index (χ4n) is 2.39. The maximum absolute atomic E-state index is 12.3. The molecule has 1 aliphatic heterocycles. The molecule has 0 N–H and O–H groups in total. The Labute approximate surface area is 107 Å². The highest BCUT2D eigenvalue weighted by Gasteiger charge is 2.33. The van der Waals surface area contributed by atoms with E-state index >= 15 is 0 Å². The van der Waals surface area contributed by atoms with Crippen LogP contribution in [0, 0.1) is 11.8 Å². The SMILES string of the molecule is CC(C(=O)c1ccc2c(c1)OCCCO2)C1CC1. The summed E-state index contributed by atoms with van der Waals surface area (Å²) < 4.78 is 11.2. The van der Waals surface area contributed by atoms with E-state index in [2.05, 4.69) is 0 Å². The van der Waals surface area contributed by atoms with Gasteiger partial charge in [-0.05, 0) is 37.0 Å². The van der Waals surface area contributed by atoms with Crippen molar-refractivity contribution in [1.29, 1.82) is 0 Å². The highest BCUT2D eigenvalue weighted by atomic mass is 16.5. The van der Waals surface area contributed by atoms with Gasteiger partial charge in [0.05, 0.1) is 13.2 Å². The van der Waals surface area contributed by atoms with E-state index in [1.807, 2.05) is 25.1 Å². The predicted octanol–water partition coefficient (Wildman–Crippen LogP) is 3.08. The van der Waals surface area contributed by atoms with Crippen LogP contribution in [0.5, 0.6) is 11.5 Å². The molecular formula is C15H18O3. The van der Waals surface area contributed by atoms with Crippen molar-refractivity contribution in [3.63, 3.8) is 0 Å². The fraction of sp³-hybridized carbons (Fsp3) is 0.533. The van der Waals surface area contributed by atoms with Crippen LogP contribution in [0.4, 0.5) is 0 Å². The first-order valence-corrected chi connectivity index (χ1v) is 6.69. The first-order valence-electron chi connectivity index (χ1n) is 6.69. The number of rotatable bonds is 3. The summed E-state index contributed by atoms with van der Waals surface area (Å²) in [6.07, 6.45) is 3.27. The zero-order valence-electron chi connectivity index (χ0n) is 10.6. The summed E-state index contributed by atoms with van der Waals surface area (Å²) in [7, 11) is 0. The minimum absolute atomic E-state index is 0.134. The van der Waals surface area contributed by atoms with Crippen molar-refractivity contribution in [3.05, 3.63) is 23.8 Å².